The molecule has 2 aromatic rings. The van der Waals surface area contributed by atoms with Crippen molar-refractivity contribution in [3.05, 3.63) is 6.33 Å². The number of hydrogen-bond donors (Lipinski definition) is 2. The molecule has 1 saturated heterocycles. The Balaban J connectivity index is 1.80. The lowest BCUT2D eigenvalue weighted by molar-refractivity contribution is 0.129. The van der Waals surface area contributed by atoms with Gasteiger partial charge in [0, 0.05) is 18.9 Å². The van der Waals surface area contributed by atoms with Crippen molar-refractivity contribution in [2.24, 2.45) is 0 Å². The van der Waals surface area contributed by atoms with E-state index >= 15 is 0 Å². The number of aromatic nitrogens is 4. The van der Waals surface area contributed by atoms with Crippen LogP contribution in [-0.4, -0.2) is 44.9 Å². The van der Waals surface area contributed by atoms with Gasteiger partial charge in [0.25, 0.3) is 0 Å². The Morgan fingerprint density at radius 2 is 2.47 bits per heavy atom. The Kier molecular flexibility index (Phi) is 3.84. The number of ether oxygens (including phenoxy) is 1. The fourth-order valence-electron chi connectivity index (χ4n) is 2.10. The Morgan fingerprint density at radius 3 is 3.26 bits per heavy atom. The number of nitrogens with zero attached hydrogens (tertiary/aromatic N) is 3. The molecule has 1 unspecified atom stereocenters. The number of anilines is 1. The largest absolute Gasteiger partial charge is 0.377 e. The first-order valence-electron chi connectivity index (χ1n) is 6.56. The predicted molar refractivity (Wildman–Crippen MR) is 75.5 cm³/mol. The van der Waals surface area contributed by atoms with Crippen molar-refractivity contribution in [2.75, 3.05) is 24.2 Å². The Labute approximate surface area is 115 Å². The fourth-order valence-corrected chi connectivity index (χ4v) is 3.15. The first kappa shape index (κ1) is 12.7. The van der Waals surface area contributed by atoms with Crippen LogP contribution in [0.4, 0.5) is 5.95 Å². The number of fused-ring (bicyclic) bond motifs is 1. The van der Waals surface area contributed by atoms with Gasteiger partial charge in [-0.25, -0.2) is 9.97 Å². The third kappa shape index (κ3) is 2.82. The van der Waals surface area contributed by atoms with Gasteiger partial charge in [0.1, 0.15) is 10.5 Å². The molecule has 0 bridgehead atoms. The molecule has 3 heterocycles. The van der Waals surface area contributed by atoms with E-state index in [4.69, 9.17) is 4.74 Å². The van der Waals surface area contributed by atoms with Crippen LogP contribution in [0.5, 0.6) is 0 Å². The molecule has 3 rings (SSSR count). The fraction of sp³-hybridized carbons (Fsp3) is 0.583. The third-order valence-corrected chi connectivity index (χ3v) is 4.12. The summed E-state index contributed by atoms with van der Waals surface area (Å²) in [6.07, 6.45) is 4.31. The van der Waals surface area contributed by atoms with Crippen LogP contribution in [0.2, 0.25) is 0 Å². The van der Waals surface area contributed by atoms with E-state index in [2.05, 4.69) is 25.3 Å². The van der Waals surface area contributed by atoms with Gasteiger partial charge >= 0.3 is 0 Å². The number of hydrogen-bond acceptors (Lipinski definition) is 6. The lowest BCUT2D eigenvalue weighted by atomic mass is 10.3. The van der Waals surface area contributed by atoms with Crippen LogP contribution in [0, 0.1) is 0 Å². The maximum Gasteiger partial charge on any atom is 0.225 e. The smallest absolute Gasteiger partial charge is 0.225 e. The number of imidazole rings is 1. The van der Waals surface area contributed by atoms with Gasteiger partial charge in [-0.05, 0) is 19.8 Å². The molecule has 19 heavy (non-hydrogen) atoms. The van der Waals surface area contributed by atoms with Crippen molar-refractivity contribution in [1.82, 2.24) is 19.9 Å². The summed E-state index contributed by atoms with van der Waals surface area (Å²) in [5.41, 5.74) is 1.62. The summed E-state index contributed by atoms with van der Waals surface area (Å²) < 4.78 is 5.64. The molecule has 1 aliphatic rings. The van der Waals surface area contributed by atoms with Crippen LogP contribution in [0.3, 0.4) is 0 Å². The molecule has 1 atom stereocenters. The van der Waals surface area contributed by atoms with Gasteiger partial charge in [-0.3, -0.25) is 0 Å². The van der Waals surface area contributed by atoms with Gasteiger partial charge in [-0.2, -0.15) is 4.98 Å². The highest BCUT2D eigenvalue weighted by molar-refractivity contribution is 7.99. The Morgan fingerprint density at radius 1 is 1.53 bits per heavy atom. The molecule has 2 N–H and O–H groups in total. The van der Waals surface area contributed by atoms with E-state index in [0.717, 1.165) is 42.3 Å². The van der Waals surface area contributed by atoms with E-state index in [1.807, 2.05) is 6.92 Å². The number of aromatic amines is 1. The molecule has 0 radical (unpaired) electrons. The zero-order valence-corrected chi connectivity index (χ0v) is 11.7. The lowest BCUT2D eigenvalue weighted by Gasteiger charge is -2.09. The van der Waals surface area contributed by atoms with Crippen LogP contribution >= 0.6 is 11.8 Å². The van der Waals surface area contributed by atoms with Crippen LogP contribution in [0.25, 0.3) is 11.2 Å². The number of H-pyrrole nitrogens is 1. The second-order valence-corrected chi connectivity index (χ2v) is 5.44. The highest BCUT2D eigenvalue weighted by atomic mass is 32.2. The first-order chi connectivity index (χ1) is 9.36. The maximum absolute atomic E-state index is 5.64. The van der Waals surface area contributed by atoms with Crippen LogP contribution < -0.4 is 5.32 Å². The SMILES string of the molecule is CCNc1nc(SCC2CCCO2)c2[nH]cnc2n1. The first-order valence-corrected chi connectivity index (χ1v) is 7.54. The summed E-state index contributed by atoms with van der Waals surface area (Å²) in [5, 5.41) is 4.08. The average Bonchev–Trinajstić information content (AvgIpc) is 3.07. The van der Waals surface area contributed by atoms with E-state index in [1.165, 1.54) is 0 Å². The normalized spacial score (nSPS) is 19.1. The van der Waals surface area contributed by atoms with E-state index in [1.54, 1.807) is 18.1 Å². The number of rotatable bonds is 5. The molecule has 1 aliphatic heterocycles. The van der Waals surface area contributed by atoms with Crippen molar-refractivity contribution in [2.45, 2.75) is 30.9 Å². The minimum Gasteiger partial charge on any atom is -0.377 e. The van der Waals surface area contributed by atoms with Gasteiger partial charge in [0.05, 0.1) is 12.4 Å². The lowest BCUT2D eigenvalue weighted by Crippen LogP contribution is -2.09. The van der Waals surface area contributed by atoms with Crippen molar-refractivity contribution >= 4 is 28.9 Å². The highest BCUT2D eigenvalue weighted by Crippen LogP contribution is 2.27. The van der Waals surface area contributed by atoms with Crippen LogP contribution in [-0.2, 0) is 4.74 Å². The molecule has 2 aromatic heterocycles. The zero-order valence-electron chi connectivity index (χ0n) is 10.8. The van der Waals surface area contributed by atoms with Crippen LogP contribution in [0.15, 0.2) is 11.4 Å². The minimum absolute atomic E-state index is 0.348. The topological polar surface area (TPSA) is 75.7 Å². The van der Waals surface area contributed by atoms with Gasteiger partial charge in [-0.1, -0.05) is 0 Å². The van der Waals surface area contributed by atoms with Gasteiger partial charge < -0.3 is 15.0 Å². The molecule has 0 aliphatic carbocycles. The van der Waals surface area contributed by atoms with Crippen molar-refractivity contribution in [3.63, 3.8) is 0 Å². The monoisotopic (exact) mass is 279 g/mol. The predicted octanol–water partition coefficient (Wildman–Crippen LogP) is 2.06. The highest BCUT2D eigenvalue weighted by Gasteiger charge is 2.17. The van der Waals surface area contributed by atoms with Crippen molar-refractivity contribution in [3.8, 4) is 0 Å². The molecule has 0 spiro atoms. The molecular weight excluding hydrogens is 262 g/mol. The van der Waals surface area contributed by atoms with Crippen molar-refractivity contribution in [1.29, 1.82) is 0 Å². The Hall–Kier alpha value is -1.34. The zero-order chi connectivity index (χ0) is 13.1. The van der Waals surface area contributed by atoms with E-state index in [9.17, 15) is 0 Å². The summed E-state index contributed by atoms with van der Waals surface area (Å²) in [5.74, 6) is 1.56. The van der Waals surface area contributed by atoms with Crippen molar-refractivity contribution < 1.29 is 4.74 Å². The second kappa shape index (κ2) is 5.75. The molecule has 7 heteroatoms. The molecule has 0 aromatic carbocycles. The van der Waals surface area contributed by atoms with E-state index in [0.29, 0.717) is 17.7 Å². The molecular formula is C12H17N5OS. The van der Waals surface area contributed by atoms with Crippen LogP contribution in [0.1, 0.15) is 19.8 Å². The molecule has 0 saturated carbocycles. The van der Waals surface area contributed by atoms with Gasteiger partial charge in [-0.15, -0.1) is 11.8 Å². The number of thioether (sulfide) groups is 1. The third-order valence-electron chi connectivity index (χ3n) is 3.02. The molecule has 1 fully saturated rings. The quantitative estimate of drug-likeness (QED) is 0.644. The Bertz CT molecular complexity index is 552. The summed E-state index contributed by atoms with van der Waals surface area (Å²) in [6.45, 7) is 3.71. The second-order valence-electron chi connectivity index (χ2n) is 4.43. The number of nitrogens with one attached hydrogen (secondary N) is 2. The van der Waals surface area contributed by atoms with E-state index < -0.39 is 0 Å². The summed E-state index contributed by atoms with van der Waals surface area (Å²) in [4.78, 5) is 16.2. The minimum atomic E-state index is 0.348. The van der Waals surface area contributed by atoms with Gasteiger partial charge in [0.15, 0.2) is 5.65 Å². The standard InChI is InChI=1S/C12H17N5OS/c1-2-13-12-16-10-9(14-7-15-10)11(17-12)19-6-8-4-3-5-18-8/h7-8H,2-6H2,1H3,(H2,13,14,15,16,17). The van der Waals surface area contributed by atoms with Gasteiger partial charge in [0.2, 0.25) is 5.95 Å². The summed E-state index contributed by atoms with van der Waals surface area (Å²) >= 11 is 1.70. The molecule has 6 nitrogen and oxygen atoms in total. The molecule has 102 valence electrons. The van der Waals surface area contributed by atoms with E-state index in [-0.39, 0.29) is 0 Å². The average molecular weight is 279 g/mol. The maximum atomic E-state index is 5.64. The summed E-state index contributed by atoms with van der Waals surface area (Å²) in [7, 11) is 0. The molecule has 0 amide bonds. The summed E-state index contributed by atoms with van der Waals surface area (Å²) in [6, 6.07) is 0.